The summed E-state index contributed by atoms with van der Waals surface area (Å²) in [4.78, 5) is 2.40. The molecule has 1 aromatic carbocycles. The summed E-state index contributed by atoms with van der Waals surface area (Å²) in [6.45, 7) is 9.49. The van der Waals surface area contributed by atoms with E-state index in [1.807, 2.05) is 19.1 Å². The molecule has 0 amide bonds. The van der Waals surface area contributed by atoms with Crippen LogP contribution < -0.4 is 5.32 Å². The summed E-state index contributed by atoms with van der Waals surface area (Å²) >= 11 is 0. The monoisotopic (exact) mass is 274 g/mol. The van der Waals surface area contributed by atoms with Gasteiger partial charge in [0.25, 0.3) is 0 Å². The molecular formula is C17H26N2O. The molecule has 2 rings (SSSR count). The first kappa shape index (κ1) is 15.1. The first-order valence-electron chi connectivity index (χ1n) is 7.51. The Hall–Kier alpha value is -1.32. The SMILES string of the molecule is CCC(C)N(C)CCNCc1c(C)oc2ccccc12. The summed E-state index contributed by atoms with van der Waals surface area (Å²) in [5, 5.41) is 4.76. The number of hydrogen-bond acceptors (Lipinski definition) is 3. The lowest BCUT2D eigenvalue weighted by Gasteiger charge is -2.23. The van der Waals surface area contributed by atoms with Crippen LogP contribution in [0.3, 0.4) is 0 Å². The number of hydrogen-bond donors (Lipinski definition) is 1. The summed E-state index contributed by atoms with van der Waals surface area (Å²) in [5.74, 6) is 1.02. The molecule has 1 aromatic heterocycles. The highest BCUT2D eigenvalue weighted by molar-refractivity contribution is 5.82. The highest BCUT2D eigenvalue weighted by Crippen LogP contribution is 2.24. The Bertz CT molecular complexity index is 547. The van der Waals surface area contributed by atoms with E-state index in [1.165, 1.54) is 17.4 Å². The molecule has 2 aromatic rings. The van der Waals surface area contributed by atoms with Crippen LogP contribution in [0.1, 0.15) is 31.6 Å². The summed E-state index contributed by atoms with van der Waals surface area (Å²) in [5.41, 5.74) is 2.27. The molecule has 0 fully saturated rings. The van der Waals surface area contributed by atoms with E-state index in [2.05, 4.69) is 43.2 Å². The van der Waals surface area contributed by atoms with Crippen LogP contribution in [0, 0.1) is 6.92 Å². The van der Waals surface area contributed by atoms with Gasteiger partial charge in [0.15, 0.2) is 0 Å². The number of benzene rings is 1. The molecule has 0 aliphatic rings. The zero-order valence-electron chi connectivity index (χ0n) is 13.1. The molecule has 0 spiro atoms. The molecule has 0 saturated heterocycles. The van der Waals surface area contributed by atoms with E-state index in [9.17, 15) is 0 Å². The predicted molar refractivity (Wildman–Crippen MR) is 85.0 cm³/mol. The van der Waals surface area contributed by atoms with Crippen molar-refractivity contribution in [3.8, 4) is 0 Å². The fourth-order valence-corrected chi connectivity index (χ4v) is 2.44. The van der Waals surface area contributed by atoms with E-state index in [0.717, 1.165) is 31.0 Å². The first-order valence-corrected chi connectivity index (χ1v) is 7.51. The van der Waals surface area contributed by atoms with Crippen molar-refractivity contribution in [2.45, 2.75) is 39.8 Å². The second-order valence-corrected chi connectivity index (χ2v) is 5.55. The first-order chi connectivity index (χ1) is 9.63. The number of fused-ring (bicyclic) bond motifs is 1. The van der Waals surface area contributed by atoms with Crippen molar-refractivity contribution in [1.29, 1.82) is 0 Å². The van der Waals surface area contributed by atoms with Crippen molar-refractivity contribution in [2.75, 3.05) is 20.1 Å². The number of nitrogens with one attached hydrogen (secondary N) is 1. The number of rotatable bonds is 7. The van der Waals surface area contributed by atoms with Gasteiger partial charge in [-0.2, -0.15) is 0 Å². The molecule has 1 heterocycles. The molecular weight excluding hydrogens is 248 g/mol. The van der Waals surface area contributed by atoms with Gasteiger partial charge in [-0.3, -0.25) is 0 Å². The highest BCUT2D eigenvalue weighted by Gasteiger charge is 2.10. The Morgan fingerprint density at radius 3 is 2.80 bits per heavy atom. The van der Waals surface area contributed by atoms with Gasteiger partial charge in [0, 0.05) is 36.6 Å². The average Bonchev–Trinajstić information content (AvgIpc) is 2.78. The minimum absolute atomic E-state index is 0.647. The number of aryl methyl sites for hydroxylation is 1. The second-order valence-electron chi connectivity index (χ2n) is 5.55. The molecule has 20 heavy (non-hydrogen) atoms. The zero-order chi connectivity index (χ0) is 14.5. The molecule has 1 atom stereocenters. The quantitative estimate of drug-likeness (QED) is 0.783. The van der Waals surface area contributed by atoms with Crippen LogP contribution in [0.25, 0.3) is 11.0 Å². The smallest absolute Gasteiger partial charge is 0.134 e. The van der Waals surface area contributed by atoms with Crippen LogP contribution >= 0.6 is 0 Å². The van der Waals surface area contributed by atoms with E-state index in [4.69, 9.17) is 4.42 Å². The summed E-state index contributed by atoms with van der Waals surface area (Å²) in [6, 6.07) is 8.89. The molecule has 0 aliphatic heterocycles. The van der Waals surface area contributed by atoms with Crippen LogP contribution in [-0.2, 0) is 6.54 Å². The Labute approximate surface area is 122 Å². The van der Waals surface area contributed by atoms with Gasteiger partial charge in [0.05, 0.1) is 0 Å². The van der Waals surface area contributed by atoms with Gasteiger partial charge < -0.3 is 14.6 Å². The molecule has 3 nitrogen and oxygen atoms in total. The van der Waals surface area contributed by atoms with Gasteiger partial charge in [0.1, 0.15) is 11.3 Å². The number of likely N-dealkylation sites (N-methyl/N-ethyl adjacent to an activating group) is 1. The van der Waals surface area contributed by atoms with Gasteiger partial charge in [-0.05, 0) is 33.4 Å². The second kappa shape index (κ2) is 6.91. The number of para-hydroxylation sites is 1. The maximum atomic E-state index is 5.78. The van der Waals surface area contributed by atoms with E-state index in [-0.39, 0.29) is 0 Å². The molecule has 1 N–H and O–H groups in total. The maximum absolute atomic E-state index is 5.78. The highest BCUT2D eigenvalue weighted by atomic mass is 16.3. The lowest BCUT2D eigenvalue weighted by Crippen LogP contribution is -2.34. The third-order valence-electron chi connectivity index (χ3n) is 4.19. The zero-order valence-corrected chi connectivity index (χ0v) is 13.1. The van der Waals surface area contributed by atoms with Crippen molar-refractivity contribution >= 4 is 11.0 Å². The fraction of sp³-hybridized carbons (Fsp3) is 0.529. The van der Waals surface area contributed by atoms with Crippen LogP contribution in [0.15, 0.2) is 28.7 Å². The Morgan fingerprint density at radius 1 is 1.30 bits per heavy atom. The van der Waals surface area contributed by atoms with E-state index >= 15 is 0 Å². The van der Waals surface area contributed by atoms with E-state index < -0.39 is 0 Å². The Balaban J connectivity index is 1.89. The largest absolute Gasteiger partial charge is 0.461 e. The summed E-state index contributed by atoms with van der Waals surface area (Å²) in [7, 11) is 2.19. The third kappa shape index (κ3) is 3.41. The standard InChI is InChI=1S/C17H26N2O/c1-5-13(2)19(4)11-10-18-12-16-14(3)20-17-9-7-6-8-15(16)17/h6-9,13,18H,5,10-12H2,1-4H3. The normalized spacial score (nSPS) is 13.2. The molecule has 0 aliphatic carbocycles. The predicted octanol–water partition coefficient (Wildman–Crippen LogP) is 3.56. The van der Waals surface area contributed by atoms with Crippen LogP contribution in [-0.4, -0.2) is 31.1 Å². The average molecular weight is 274 g/mol. The Morgan fingerprint density at radius 2 is 2.05 bits per heavy atom. The lowest BCUT2D eigenvalue weighted by atomic mass is 10.1. The molecule has 0 radical (unpaired) electrons. The van der Waals surface area contributed by atoms with Crippen molar-refractivity contribution in [3.63, 3.8) is 0 Å². The molecule has 1 unspecified atom stereocenters. The van der Waals surface area contributed by atoms with Crippen molar-refractivity contribution in [2.24, 2.45) is 0 Å². The molecule has 0 saturated carbocycles. The van der Waals surface area contributed by atoms with Gasteiger partial charge in [-0.15, -0.1) is 0 Å². The van der Waals surface area contributed by atoms with Gasteiger partial charge >= 0.3 is 0 Å². The van der Waals surface area contributed by atoms with E-state index in [1.54, 1.807) is 0 Å². The third-order valence-corrected chi connectivity index (χ3v) is 4.19. The summed E-state index contributed by atoms with van der Waals surface area (Å²) in [6.07, 6.45) is 1.20. The van der Waals surface area contributed by atoms with Crippen molar-refractivity contribution in [1.82, 2.24) is 10.2 Å². The molecule has 3 heteroatoms. The van der Waals surface area contributed by atoms with Gasteiger partial charge in [-0.1, -0.05) is 25.1 Å². The van der Waals surface area contributed by atoms with Crippen molar-refractivity contribution < 1.29 is 4.42 Å². The van der Waals surface area contributed by atoms with Crippen LogP contribution in [0.5, 0.6) is 0 Å². The minimum atomic E-state index is 0.647. The lowest BCUT2D eigenvalue weighted by molar-refractivity contribution is 0.251. The number of furan rings is 1. The van der Waals surface area contributed by atoms with Gasteiger partial charge in [-0.25, -0.2) is 0 Å². The number of nitrogens with zero attached hydrogens (tertiary/aromatic N) is 1. The summed E-state index contributed by atoms with van der Waals surface area (Å²) < 4.78 is 5.78. The minimum Gasteiger partial charge on any atom is -0.461 e. The van der Waals surface area contributed by atoms with E-state index in [0.29, 0.717) is 6.04 Å². The van der Waals surface area contributed by atoms with Crippen LogP contribution in [0.2, 0.25) is 0 Å². The maximum Gasteiger partial charge on any atom is 0.134 e. The van der Waals surface area contributed by atoms with Crippen molar-refractivity contribution in [3.05, 3.63) is 35.6 Å². The topological polar surface area (TPSA) is 28.4 Å². The molecule has 110 valence electrons. The van der Waals surface area contributed by atoms with Crippen LogP contribution in [0.4, 0.5) is 0 Å². The fourth-order valence-electron chi connectivity index (χ4n) is 2.44. The molecule has 0 bridgehead atoms. The van der Waals surface area contributed by atoms with Gasteiger partial charge in [0.2, 0.25) is 0 Å². The Kier molecular flexibility index (Phi) is 5.21.